The van der Waals surface area contributed by atoms with Crippen LogP contribution < -0.4 is 5.32 Å². The first-order valence-corrected chi connectivity index (χ1v) is 10.3. The van der Waals surface area contributed by atoms with Gasteiger partial charge in [-0.2, -0.15) is 4.98 Å². The molecule has 30 heavy (non-hydrogen) atoms. The Labute approximate surface area is 178 Å². The number of benzene rings is 1. The third-order valence-electron chi connectivity index (χ3n) is 5.93. The van der Waals surface area contributed by atoms with E-state index in [1.807, 2.05) is 4.90 Å². The van der Waals surface area contributed by atoms with Crippen LogP contribution in [0.1, 0.15) is 37.9 Å². The van der Waals surface area contributed by atoms with Crippen molar-refractivity contribution in [1.82, 2.24) is 25.0 Å². The lowest BCUT2D eigenvalue weighted by molar-refractivity contribution is -0.111. The van der Waals surface area contributed by atoms with Gasteiger partial charge in [0.05, 0.1) is 5.02 Å². The number of carbonyl (C=O) groups is 1. The molecule has 2 unspecified atom stereocenters. The maximum atomic E-state index is 13.3. The molecule has 2 bridgehead atoms. The molecule has 3 atom stereocenters. The Balaban J connectivity index is 1.43. The van der Waals surface area contributed by atoms with Crippen LogP contribution in [0.3, 0.4) is 0 Å². The van der Waals surface area contributed by atoms with Crippen LogP contribution in [0.4, 0.5) is 10.5 Å². The van der Waals surface area contributed by atoms with Gasteiger partial charge in [-0.05, 0) is 49.9 Å². The summed E-state index contributed by atoms with van der Waals surface area (Å²) in [5.74, 6) is 2.09. The number of nitrogens with zero attached hydrogens (tertiary/aromatic N) is 5. The van der Waals surface area contributed by atoms with Crippen LogP contribution in [-0.2, 0) is 5.54 Å². The van der Waals surface area contributed by atoms with E-state index in [1.54, 1.807) is 43.6 Å². The fraction of sp³-hybridized carbons (Fsp3) is 0.381. The molecular formula is C21H21ClN6O2. The normalized spacial score (nSPS) is 25.0. The van der Waals surface area contributed by atoms with E-state index in [1.165, 1.54) is 0 Å². The lowest BCUT2D eigenvalue weighted by Crippen LogP contribution is -2.70. The van der Waals surface area contributed by atoms with Crippen molar-refractivity contribution in [2.24, 2.45) is 5.92 Å². The van der Waals surface area contributed by atoms with Crippen LogP contribution in [-0.4, -0.2) is 37.1 Å². The largest absolute Gasteiger partial charge is 0.337 e. The van der Waals surface area contributed by atoms with Crippen molar-refractivity contribution in [2.45, 2.75) is 44.7 Å². The summed E-state index contributed by atoms with van der Waals surface area (Å²) in [4.78, 5) is 28.1. The predicted octanol–water partition coefficient (Wildman–Crippen LogP) is 4.42. The van der Waals surface area contributed by atoms with Crippen molar-refractivity contribution in [3.05, 3.63) is 53.4 Å². The number of carbonyl (C=O) groups excluding carboxylic acids is 1. The van der Waals surface area contributed by atoms with E-state index in [4.69, 9.17) is 16.1 Å². The van der Waals surface area contributed by atoms with E-state index in [0.717, 1.165) is 19.3 Å². The molecule has 0 radical (unpaired) electrons. The summed E-state index contributed by atoms with van der Waals surface area (Å²) >= 11 is 6.34. The van der Waals surface area contributed by atoms with Gasteiger partial charge in [0, 0.05) is 36.1 Å². The first kappa shape index (κ1) is 19.0. The molecule has 2 amide bonds. The number of aromatic nitrogens is 4. The number of anilines is 1. The van der Waals surface area contributed by atoms with Gasteiger partial charge < -0.3 is 14.7 Å². The molecular weight excluding hydrogens is 404 g/mol. The number of piperidine rings is 1. The SMILES string of the molecule is Cc1noc(C23CC(C[C@H](C)C2)N3C(=O)Nc2ccc(Cl)c(-c3ncccn3)c2)n1. The number of urea groups is 1. The van der Waals surface area contributed by atoms with Gasteiger partial charge in [0.25, 0.3) is 5.89 Å². The molecule has 9 heteroatoms. The lowest BCUT2D eigenvalue weighted by atomic mass is 9.64. The van der Waals surface area contributed by atoms with Crippen molar-refractivity contribution in [3.63, 3.8) is 0 Å². The lowest BCUT2D eigenvalue weighted by Gasteiger charge is -2.61. The first-order valence-electron chi connectivity index (χ1n) is 9.94. The second-order valence-corrected chi connectivity index (χ2v) is 8.56. The zero-order valence-electron chi connectivity index (χ0n) is 16.7. The number of hydrogen-bond donors (Lipinski definition) is 1. The molecule has 1 aliphatic carbocycles. The molecule has 5 rings (SSSR count). The number of fused-ring (bicyclic) bond motifs is 2. The second-order valence-electron chi connectivity index (χ2n) is 8.15. The van der Waals surface area contributed by atoms with E-state index < -0.39 is 5.54 Å². The molecule has 1 saturated heterocycles. The van der Waals surface area contributed by atoms with Crippen LogP contribution in [0.5, 0.6) is 0 Å². The van der Waals surface area contributed by atoms with Crippen LogP contribution >= 0.6 is 11.6 Å². The molecule has 154 valence electrons. The zero-order chi connectivity index (χ0) is 20.9. The summed E-state index contributed by atoms with van der Waals surface area (Å²) in [6, 6.07) is 7.01. The van der Waals surface area contributed by atoms with Crippen molar-refractivity contribution < 1.29 is 9.32 Å². The summed E-state index contributed by atoms with van der Waals surface area (Å²) in [6.45, 7) is 3.99. The highest BCUT2D eigenvalue weighted by Crippen LogP contribution is 2.55. The van der Waals surface area contributed by atoms with Gasteiger partial charge in [-0.25, -0.2) is 14.8 Å². The van der Waals surface area contributed by atoms with E-state index in [-0.39, 0.29) is 12.1 Å². The summed E-state index contributed by atoms with van der Waals surface area (Å²) in [6.07, 6.45) is 5.93. The molecule has 1 aromatic carbocycles. The number of rotatable bonds is 3. The van der Waals surface area contributed by atoms with Gasteiger partial charge in [0.1, 0.15) is 5.54 Å². The molecule has 1 saturated carbocycles. The van der Waals surface area contributed by atoms with Gasteiger partial charge >= 0.3 is 6.03 Å². The highest BCUT2D eigenvalue weighted by molar-refractivity contribution is 6.33. The van der Waals surface area contributed by atoms with E-state index in [9.17, 15) is 4.79 Å². The standard InChI is InChI=1S/C21H21ClN6O2/c1-12-8-15-11-21(10-12,19-25-13(2)27-30-19)28(15)20(29)26-14-4-5-17(22)16(9-14)18-23-6-3-7-24-18/h3-7,9,12,15H,8,10-11H2,1-2H3,(H,26,29)/t12-,15?,21?/m0/s1. The molecule has 1 N–H and O–H groups in total. The molecule has 2 fully saturated rings. The molecule has 3 aromatic rings. The number of nitrogens with one attached hydrogen (secondary N) is 1. The number of likely N-dealkylation sites (tertiary alicyclic amines) is 1. The number of hydrogen-bond acceptors (Lipinski definition) is 6. The number of aryl methyl sites for hydroxylation is 1. The van der Waals surface area contributed by atoms with Crippen molar-refractivity contribution >= 4 is 23.3 Å². The van der Waals surface area contributed by atoms with Crippen LogP contribution in [0, 0.1) is 12.8 Å². The minimum Gasteiger partial charge on any atom is -0.337 e. The van der Waals surface area contributed by atoms with E-state index in [2.05, 4.69) is 32.3 Å². The summed E-state index contributed by atoms with van der Waals surface area (Å²) in [5.41, 5.74) is 0.752. The average Bonchev–Trinajstić information content (AvgIpc) is 3.16. The summed E-state index contributed by atoms with van der Waals surface area (Å²) in [5, 5.41) is 7.48. The summed E-state index contributed by atoms with van der Waals surface area (Å²) in [7, 11) is 0. The van der Waals surface area contributed by atoms with Crippen molar-refractivity contribution in [1.29, 1.82) is 0 Å². The van der Waals surface area contributed by atoms with Crippen LogP contribution in [0.2, 0.25) is 5.02 Å². The van der Waals surface area contributed by atoms with Crippen LogP contribution in [0.15, 0.2) is 41.2 Å². The minimum atomic E-state index is -0.536. The Kier molecular flexibility index (Phi) is 4.47. The van der Waals surface area contributed by atoms with Crippen molar-refractivity contribution in [2.75, 3.05) is 5.32 Å². The predicted molar refractivity (Wildman–Crippen MR) is 111 cm³/mol. The maximum absolute atomic E-state index is 13.3. The highest BCUT2D eigenvalue weighted by atomic mass is 35.5. The molecule has 3 heterocycles. The Morgan fingerprint density at radius 1 is 1.30 bits per heavy atom. The average molecular weight is 425 g/mol. The van der Waals surface area contributed by atoms with Gasteiger partial charge in [-0.1, -0.05) is 23.7 Å². The maximum Gasteiger partial charge on any atom is 0.323 e. The van der Waals surface area contributed by atoms with Gasteiger partial charge in [0.2, 0.25) is 0 Å². The second kappa shape index (κ2) is 7.05. The molecule has 2 aliphatic rings. The minimum absolute atomic E-state index is 0.158. The fourth-order valence-corrected chi connectivity index (χ4v) is 5.03. The van der Waals surface area contributed by atoms with Gasteiger partial charge in [0.15, 0.2) is 11.6 Å². The highest BCUT2D eigenvalue weighted by Gasteiger charge is 2.62. The van der Waals surface area contributed by atoms with Gasteiger partial charge in [-0.3, -0.25) is 0 Å². The zero-order valence-corrected chi connectivity index (χ0v) is 17.4. The van der Waals surface area contributed by atoms with E-state index >= 15 is 0 Å². The third-order valence-corrected chi connectivity index (χ3v) is 6.26. The van der Waals surface area contributed by atoms with Crippen molar-refractivity contribution in [3.8, 4) is 11.4 Å². The smallest absolute Gasteiger partial charge is 0.323 e. The van der Waals surface area contributed by atoms with Crippen LogP contribution in [0.25, 0.3) is 11.4 Å². The monoisotopic (exact) mass is 424 g/mol. The third kappa shape index (κ3) is 3.02. The Bertz CT molecular complexity index is 1100. The number of amides is 2. The quantitative estimate of drug-likeness (QED) is 0.668. The first-order chi connectivity index (χ1) is 14.5. The number of halogens is 1. The Morgan fingerprint density at radius 2 is 2.10 bits per heavy atom. The summed E-state index contributed by atoms with van der Waals surface area (Å²) < 4.78 is 5.50. The Morgan fingerprint density at radius 3 is 2.83 bits per heavy atom. The van der Waals surface area contributed by atoms with E-state index in [0.29, 0.717) is 39.7 Å². The topological polar surface area (TPSA) is 97.0 Å². The molecule has 1 aliphatic heterocycles. The van der Waals surface area contributed by atoms with Gasteiger partial charge in [-0.15, -0.1) is 0 Å². The molecule has 2 aromatic heterocycles. The Hall–Kier alpha value is -3.00. The molecule has 0 spiro atoms. The molecule has 8 nitrogen and oxygen atoms in total. The fourth-order valence-electron chi connectivity index (χ4n) is 4.83.